The van der Waals surface area contributed by atoms with Crippen molar-refractivity contribution >= 4 is 41.9 Å². The third-order valence-electron chi connectivity index (χ3n) is 3.87. The highest BCUT2D eigenvalue weighted by Crippen LogP contribution is 2.15. The molecule has 0 aliphatic carbocycles. The molecule has 1 rings (SSSR count). The minimum atomic E-state index is -0.497. The van der Waals surface area contributed by atoms with Gasteiger partial charge in [-0.1, -0.05) is 13.3 Å². The van der Waals surface area contributed by atoms with Gasteiger partial charge >= 0.3 is 6.09 Å². The Kier molecular flexibility index (Phi) is 11.7. The van der Waals surface area contributed by atoms with Crippen LogP contribution in [0.2, 0.25) is 0 Å². The first-order valence-electron chi connectivity index (χ1n) is 9.35. The number of carbonyl (C=O) groups excluding carboxylic acids is 2. The van der Waals surface area contributed by atoms with Gasteiger partial charge in [-0.3, -0.25) is 4.79 Å². The quantitative estimate of drug-likeness (QED) is 0.254. The molecule has 1 atom stereocenters. The zero-order valence-electron chi connectivity index (χ0n) is 17.5. The number of hydrogen-bond donors (Lipinski definition) is 2. The maximum Gasteiger partial charge on any atom is 0.410 e. The smallest absolute Gasteiger partial charge is 0.410 e. The lowest BCUT2D eigenvalue weighted by molar-refractivity contribution is -0.127. The Morgan fingerprint density at radius 3 is 2.52 bits per heavy atom. The van der Waals surface area contributed by atoms with Crippen LogP contribution in [0.1, 0.15) is 47.0 Å². The van der Waals surface area contributed by atoms with Crippen molar-refractivity contribution in [2.75, 3.05) is 40.3 Å². The molecule has 158 valence electrons. The molecule has 0 saturated carbocycles. The molecule has 1 aliphatic heterocycles. The van der Waals surface area contributed by atoms with Crippen LogP contribution >= 0.6 is 24.0 Å². The number of hydrogen-bond acceptors (Lipinski definition) is 4. The van der Waals surface area contributed by atoms with E-state index in [1.807, 2.05) is 20.8 Å². The number of carbonyl (C=O) groups is 2. The van der Waals surface area contributed by atoms with E-state index in [1.165, 1.54) is 4.90 Å². The number of unbranched alkanes of at least 4 members (excludes halogenated alkanes) is 1. The van der Waals surface area contributed by atoms with Gasteiger partial charge in [0.15, 0.2) is 5.96 Å². The van der Waals surface area contributed by atoms with Gasteiger partial charge in [-0.15, -0.1) is 24.0 Å². The van der Waals surface area contributed by atoms with Gasteiger partial charge < -0.3 is 25.2 Å². The number of nitrogens with one attached hydrogen (secondary N) is 2. The SMILES string of the molecule is CCCCNC(=NCC(=O)N(C)C)NC1CCN(C(=O)OC(C)(C)C)C1.I. The molecule has 1 heterocycles. The Hall–Kier alpha value is -1.26. The number of aliphatic imine (C=N–C) groups is 1. The zero-order valence-corrected chi connectivity index (χ0v) is 19.8. The van der Waals surface area contributed by atoms with E-state index in [2.05, 4.69) is 22.5 Å². The van der Waals surface area contributed by atoms with Gasteiger partial charge in [-0.2, -0.15) is 0 Å². The lowest BCUT2D eigenvalue weighted by Gasteiger charge is -2.24. The molecule has 0 spiro atoms. The van der Waals surface area contributed by atoms with E-state index >= 15 is 0 Å². The van der Waals surface area contributed by atoms with Gasteiger partial charge in [0.25, 0.3) is 0 Å². The van der Waals surface area contributed by atoms with Crippen molar-refractivity contribution in [2.45, 2.75) is 58.6 Å². The molecule has 1 saturated heterocycles. The van der Waals surface area contributed by atoms with E-state index in [0.29, 0.717) is 19.0 Å². The number of rotatable bonds is 6. The molecule has 0 bridgehead atoms. The predicted octanol–water partition coefficient (Wildman–Crippen LogP) is 2.04. The summed E-state index contributed by atoms with van der Waals surface area (Å²) in [5.41, 5.74) is -0.497. The average Bonchev–Trinajstić information content (AvgIpc) is 2.99. The summed E-state index contributed by atoms with van der Waals surface area (Å²) < 4.78 is 5.42. The Balaban J connectivity index is 0.00000676. The molecule has 1 aliphatic rings. The molecule has 0 aromatic heterocycles. The molecule has 9 heteroatoms. The molecule has 2 amide bonds. The van der Waals surface area contributed by atoms with Gasteiger partial charge in [-0.25, -0.2) is 9.79 Å². The fraction of sp³-hybridized carbons (Fsp3) is 0.833. The molecule has 1 unspecified atom stereocenters. The van der Waals surface area contributed by atoms with Crippen LogP contribution in [0.4, 0.5) is 4.79 Å². The van der Waals surface area contributed by atoms with E-state index in [9.17, 15) is 9.59 Å². The summed E-state index contributed by atoms with van der Waals surface area (Å²) in [5.74, 6) is 0.563. The van der Waals surface area contributed by atoms with Crippen LogP contribution in [0.15, 0.2) is 4.99 Å². The molecular formula is C18H36IN5O3. The number of halogens is 1. The highest BCUT2D eigenvalue weighted by Gasteiger charge is 2.30. The summed E-state index contributed by atoms with van der Waals surface area (Å²) in [6.45, 7) is 9.80. The Bertz CT molecular complexity index is 506. The van der Waals surface area contributed by atoms with Gasteiger partial charge in [0.1, 0.15) is 12.1 Å². The van der Waals surface area contributed by atoms with Crippen LogP contribution in [0.25, 0.3) is 0 Å². The molecule has 2 N–H and O–H groups in total. The van der Waals surface area contributed by atoms with E-state index in [0.717, 1.165) is 25.8 Å². The minimum absolute atomic E-state index is 0. The number of likely N-dealkylation sites (tertiary alicyclic amines) is 1. The summed E-state index contributed by atoms with van der Waals surface area (Å²) in [4.78, 5) is 31.6. The second kappa shape index (κ2) is 12.2. The van der Waals surface area contributed by atoms with Crippen molar-refractivity contribution in [3.05, 3.63) is 0 Å². The fourth-order valence-electron chi connectivity index (χ4n) is 2.39. The van der Waals surface area contributed by atoms with Crippen LogP contribution in [0.3, 0.4) is 0 Å². The first-order chi connectivity index (χ1) is 12.1. The third-order valence-corrected chi connectivity index (χ3v) is 3.87. The van der Waals surface area contributed by atoms with Crippen LogP contribution in [0.5, 0.6) is 0 Å². The summed E-state index contributed by atoms with van der Waals surface area (Å²) in [7, 11) is 3.43. The average molecular weight is 497 g/mol. The number of amides is 2. The van der Waals surface area contributed by atoms with Crippen molar-refractivity contribution in [2.24, 2.45) is 4.99 Å². The monoisotopic (exact) mass is 497 g/mol. The summed E-state index contributed by atoms with van der Waals surface area (Å²) in [5, 5.41) is 6.59. The van der Waals surface area contributed by atoms with E-state index in [4.69, 9.17) is 4.74 Å². The summed E-state index contributed by atoms with van der Waals surface area (Å²) in [6, 6.07) is 0.0878. The predicted molar refractivity (Wildman–Crippen MR) is 119 cm³/mol. The van der Waals surface area contributed by atoms with Crippen LogP contribution in [-0.2, 0) is 9.53 Å². The molecule has 0 aromatic rings. The maximum absolute atomic E-state index is 12.2. The summed E-state index contributed by atoms with van der Waals surface area (Å²) in [6.07, 6.45) is 2.63. The first kappa shape index (κ1) is 25.7. The largest absolute Gasteiger partial charge is 0.444 e. The lowest BCUT2D eigenvalue weighted by atomic mass is 10.2. The zero-order chi connectivity index (χ0) is 19.7. The van der Waals surface area contributed by atoms with Gasteiger partial charge in [0.05, 0.1) is 0 Å². The van der Waals surface area contributed by atoms with Crippen LogP contribution < -0.4 is 10.6 Å². The van der Waals surface area contributed by atoms with Gasteiger partial charge in [-0.05, 0) is 33.6 Å². The standard InChI is InChI=1S/C18H35N5O3.HI/c1-7-8-10-19-16(20-12-15(24)22(5)6)21-14-9-11-23(13-14)17(25)26-18(2,3)4;/h14H,7-13H2,1-6H3,(H2,19,20,21);1H. The van der Waals surface area contributed by atoms with Gasteiger partial charge in [0, 0.05) is 39.8 Å². The molecule has 1 fully saturated rings. The molecule has 0 aromatic carbocycles. The van der Waals surface area contributed by atoms with Gasteiger partial charge in [0.2, 0.25) is 5.91 Å². The molecule has 8 nitrogen and oxygen atoms in total. The Morgan fingerprint density at radius 2 is 1.96 bits per heavy atom. The number of guanidine groups is 1. The van der Waals surface area contributed by atoms with Crippen molar-refractivity contribution in [1.82, 2.24) is 20.4 Å². The van der Waals surface area contributed by atoms with Crippen molar-refractivity contribution in [3.63, 3.8) is 0 Å². The van der Waals surface area contributed by atoms with E-state index < -0.39 is 5.60 Å². The van der Waals surface area contributed by atoms with E-state index in [1.54, 1.807) is 19.0 Å². The minimum Gasteiger partial charge on any atom is -0.444 e. The number of likely N-dealkylation sites (N-methyl/N-ethyl adjacent to an activating group) is 1. The first-order valence-corrected chi connectivity index (χ1v) is 9.35. The number of nitrogens with zero attached hydrogens (tertiary/aromatic N) is 3. The lowest BCUT2D eigenvalue weighted by Crippen LogP contribution is -2.46. The third kappa shape index (κ3) is 10.6. The Labute approximate surface area is 180 Å². The number of ether oxygens (including phenoxy) is 1. The highest BCUT2D eigenvalue weighted by atomic mass is 127. The normalized spacial score (nSPS) is 17.2. The second-order valence-corrected chi connectivity index (χ2v) is 7.79. The Morgan fingerprint density at radius 1 is 1.30 bits per heavy atom. The molecular weight excluding hydrogens is 461 g/mol. The maximum atomic E-state index is 12.2. The van der Waals surface area contributed by atoms with Crippen molar-refractivity contribution in [3.8, 4) is 0 Å². The summed E-state index contributed by atoms with van der Waals surface area (Å²) >= 11 is 0. The van der Waals surface area contributed by atoms with Crippen LogP contribution in [0, 0.1) is 0 Å². The molecule has 0 radical (unpaired) electrons. The van der Waals surface area contributed by atoms with Crippen molar-refractivity contribution in [1.29, 1.82) is 0 Å². The second-order valence-electron chi connectivity index (χ2n) is 7.79. The van der Waals surface area contributed by atoms with Crippen molar-refractivity contribution < 1.29 is 14.3 Å². The molecule has 27 heavy (non-hydrogen) atoms. The topological polar surface area (TPSA) is 86.3 Å². The highest BCUT2D eigenvalue weighted by molar-refractivity contribution is 14.0. The van der Waals surface area contributed by atoms with Crippen LogP contribution in [-0.4, -0.2) is 79.7 Å². The fourth-order valence-corrected chi connectivity index (χ4v) is 2.39. The van der Waals surface area contributed by atoms with E-state index in [-0.39, 0.29) is 48.6 Å².